The first kappa shape index (κ1) is 19.3. The SMILES string of the molecule is O=C(Nc1nc2c(s1)CN(C(=O)COc1ccc3ccccc3c1)CC2)c1ccco1. The number of fused-ring (bicyclic) bond motifs is 2. The first-order valence-corrected chi connectivity index (χ1v) is 10.7. The van der Waals surface area contributed by atoms with Crippen LogP contribution in [0, 0.1) is 0 Å². The van der Waals surface area contributed by atoms with Gasteiger partial charge >= 0.3 is 0 Å². The number of nitrogens with one attached hydrogen (secondary N) is 1. The van der Waals surface area contributed by atoms with Gasteiger partial charge in [0.1, 0.15) is 5.75 Å². The molecule has 0 radical (unpaired) electrons. The van der Waals surface area contributed by atoms with E-state index in [9.17, 15) is 9.59 Å². The quantitative estimate of drug-likeness (QED) is 0.512. The number of carbonyl (C=O) groups excluding carboxylic acids is 2. The Bertz CT molecular complexity index is 1250. The average Bonchev–Trinajstić information content (AvgIpc) is 3.46. The van der Waals surface area contributed by atoms with Crippen LogP contribution in [0.2, 0.25) is 0 Å². The molecule has 3 heterocycles. The molecule has 0 saturated carbocycles. The van der Waals surface area contributed by atoms with Gasteiger partial charge in [-0.2, -0.15) is 0 Å². The lowest BCUT2D eigenvalue weighted by atomic mass is 10.1. The second-order valence-electron chi connectivity index (χ2n) is 7.18. The minimum Gasteiger partial charge on any atom is -0.484 e. The lowest BCUT2D eigenvalue weighted by Gasteiger charge is -2.26. The highest BCUT2D eigenvalue weighted by atomic mass is 32.1. The average molecular weight is 433 g/mol. The van der Waals surface area contributed by atoms with Gasteiger partial charge in [0.15, 0.2) is 17.5 Å². The van der Waals surface area contributed by atoms with Gasteiger partial charge in [0.2, 0.25) is 0 Å². The van der Waals surface area contributed by atoms with E-state index in [4.69, 9.17) is 9.15 Å². The molecule has 0 unspecified atom stereocenters. The van der Waals surface area contributed by atoms with Crippen molar-refractivity contribution in [2.45, 2.75) is 13.0 Å². The zero-order valence-electron chi connectivity index (χ0n) is 16.5. The highest BCUT2D eigenvalue weighted by Crippen LogP contribution is 2.29. The normalized spacial score (nSPS) is 13.1. The fourth-order valence-electron chi connectivity index (χ4n) is 3.52. The Hall–Kier alpha value is -3.65. The third-order valence-electron chi connectivity index (χ3n) is 5.13. The maximum absolute atomic E-state index is 12.7. The molecule has 8 heteroatoms. The summed E-state index contributed by atoms with van der Waals surface area (Å²) in [5, 5.41) is 5.46. The maximum atomic E-state index is 12.7. The van der Waals surface area contributed by atoms with Gasteiger partial charge < -0.3 is 14.1 Å². The smallest absolute Gasteiger partial charge is 0.293 e. The molecule has 1 aliphatic rings. The lowest BCUT2D eigenvalue weighted by molar-refractivity contribution is -0.134. The molecular formula is C23H19N3O4S. The summed E-state index contributed by atoms with van der Waals surface area (Å²) in [6.45, 7) is 1.01. The van der Waals surface area contributed by atoms with E-state index in [1.165, 1.54) is 17.6 Å². The first-order valence-electron chi connectivity index (χ1n) is 9.88. The van der Waals surface area contributed by atoms with Gasteiger partial charge in [-0.3, -0.25) is 14.9 Å². The monoisotopic (exact) mass is 433 g/mol. The van der Waals surface area contributed by atoms with E-state index in [0.29, 0.717) is 30.4 Å². The van der Waals surface area contributed by atoms with Crippen LogP contribution >= 0.6 is 11.3 Å². The highest BCUT2D eigenvalue weighted by Gasteiger charge is 2.25. The molecule has 4 aromatic rings. The molecule has 0 spiro atoms. The Balaban J connectivity index is 1.20. The zero-order chi connectivity index (χ0) is 21.2. The number of carbonyl (C=O) groups is 2. The summed E-state index contributed by atoms with van der Waals surface area (Å²) in [5.74, 6) is 0.488. The Kier molecular flexibility index (Phi) is 5.13. The molecule has 1 aliphatic heterocycles. The van der Waals surface area contributed by atoms with Gasteiger partial charge in [0, 0.05) is 17.8 Å². The third kappa shape index (κ3) is 4.15. The van der Waals surface area contributed by atoms with Gasteiger partial charge in [0.25, 0.3) is 11.8 Å². The molecule has 31 heavy (non-hydrogen) atoms. The topological polar surface area (TPSA) is 84.7 Å². The summed E-state index contributed by atoms with van der Waals surface area (Å²) in [7, 11) is 0. The van der Waals surface area contributed by atoms with Crippen LogP contribution in [0.15, 0.2) is 65.3 Å². The van der Waals surface area contributed by atoms with Crippen LogP contribution < -0.4 is 10.1 Å². The molecule has 7 nitrogen and oxygen atoms in total. The van der Waals surface area contributed by atoms with Crippen LogP contribution in [-0.4, -0.2) is 34.8 Å². The Morgan fingerprint density at radius 1 is 1.13 bits per heavy atom. The number of aromatic nitrogens is 1. The predicted molar refractivity (Wildman–Crippen MR) is 117 cm³/mol. The number of rotatable bonds is 5. The molecule has 5 rings (SSSR count). The number of anilines is 1. The Morgan fingerprint density at radius 3 is 2.84 bits per heavy atom. The Labute approximate surface area is 182 Å². The summed E-state index contributed by atoms with van der Waals surface area (Å²) in [6.07, 6.45) is 2.09. The van der Waals surface area contributed by atoms with Gasteiger partial charge in [0.05, 0.1) is 18.5 Å². The number of amides is 2. The number of benzene rings is 2. The largest absolute Gasteiger partial charge is 0.484 e. The van der Waals surface area contributed by atoms with Crippen LogP contribution in [0.5, 0.6) is 5.75 Å². The molecule has 0 aliphatic carbocycles. The van der Waals surface area contributed by atoms with Crippen LogP contribution in [-0.2, 0) is 17.8 Å². The van der Waals surface area contributed by atoms with Gasteiger partial charge in [-0.05, 0) is 35.0 Å². The molecule has 0 atom stereocenters. The molecule has 2 aromatic carbocycles. The first-order chi connectivity index (χ1) is 15.2. The number of hydrogen-bond acceptors (Lipinski definition) is 6. The van der Waals surface area contributed by atoms with E-state index in [2.05, 4.69) is 10.3 Å². The van der Waals surface area contributed by atoms with Crippen LogP contribution in [0.3, 0.4) is 0 Å². The molecule has 0 fully saturated rings. The van der Waals surface area contributed by atoms with Crippen molar-refractivity contribution in [3.63, 3.8) is 0 Å². The van der Waals surface area contributed by atoms with Crippen LogP contribution in [0.4, 0.5) is 5.13 Å². The van der Waals surface area contributed by atoms with E-state index < -0.39 is 0 Å². The number of ether oxygens (including phenoxy) is 1. The minimum atomic E-state index is -0.340. The van der Waals surface area contributed by atoms with Crippen molar-refractivity contribution in [1.82, 2.24) is 9.88 Å². The second-order valence-corrected chi connectivity index (χ2v) is 8.27. The third-order valence-corrected chi connectivity index (χ3v) is 6.13. The van der Waals surface area contributed by atoms with Crippen molar-refractivity contribution in [2.24, 2.45) is 0 Å². The van der Waals surface area contributed by atoms with Crippen molar-refractivity contribution >= 4 is 39.1 Å². The number of nitrogens with zero attached hydrogens (tertiary/aromatic N) is 2. The molecule has 1 N–H and O–H groups in total. The summed E-state index contributed by atoms with van der Waals surface area (Å²) in [6, 6.07) is 17.1. The van der Waals surface area contributed by atoms with Crippen LogP contribution in [0.1, 0.15) is 21.1 Å². The Morgan fingerprint density at radius 2 is 2.00 bits per heavy atom. The number of furan rings is 1. The zero-order valence-corrected chi connectivity index (χ0v) is 17.4. The molecular weight excluding hydrogens is 414 g/mol. The van der Waals surface area contributed by atoms with Crippen molar-refractivity contribution < 1.29 is 18.7 Å². The fourth-order valence-corrected chi connectivity index (χ4v) is 4.54. The molecule has 156 valence electrons. The summed E-state index contributed by atoms with van der Waals surface area (Å²) in [4.78, 5) is 32.1. The molecule has 2 aromatic heterocycles. The van der Waals surface area contributed by atoms with Gasteiger partial charge in [-0.1, -0.05) is 41.7 Å². The van der Waals surface area contributed by atoms with E-state index in [0.717, 1.165) is 21.3 Å². The van der Waals surface area contributed by atoms with Crippen molar-refractivity contribution in [2.75, 3.05) is 18.5 Å². The fraction of sp³-hybridized carbons (Fsp3) is 0.174. The van der Waals surface area contributed by atoms with Crippen LogP contribution in [0.25, 0.3) is 10.8 Å². The minimum absolute atomic E-state index is 0.0193. The van der Waals surface area contributed by atoms with Crippen molar-refractivity contribution in [3.8, 4) is 5.75 Å². The second kappa shape index (κ2) is 8.23. The highest BCUT2D eigenvalue weighted by molar-refractivity contribution is 7.15. The van der Waals surface area contributed by atoms with E-state index in [1.54, 1.807) is 17.0 Å². The maximum Gasteiger partial charge on any atom is 0.293 e. The molecule has 2 amide bonds. The molecule has 0 bridgehead atoms. The van der Waals surface area contributed by atoms with Crippen molar-refractivity contribution in [3.05, 3.63) is 77.2 Å². The van der Waals surface area contributed by atoms with E-state index in [-0.39, 0.29) is 24.2 Å². The number of thiazole rings is 1. The lowest BCUT2D eigenvalue weighted by Crippen LogP contribution is -2.38. The van der Waals surface area contributed by atoms with Gasteiger partial charge in [-0.25, -0.2) is 4.98 Å². The predicted octanol–water partition coefficient (Wildman–Crippen LogP) is 4.11. The van der Waals surface area contributed by atoms with E-state index in [1.807, 2.05) is 42.5 Å². The summed E-state index contributed by atoms with van der Waals surface area (Å²) >= 11 is 1.38. The van der Waals surface area contributed by atoms with E-state index >= 15 is 0 Å². The summed E-state index contributed by atoms with van der Waals surface area (Å²) in [5.41, 5.74) is 0.916. The molecule has 0 saturated heterocycles. The van der Waals surface area contributed by atoms with Crippen molar-refractivity contribution in [1.29, 1.82) is 0 Å². The standard InChI is InChI=1S/C23H19N3O4S/c27-21(14-30-17-8-7-15-4-1-2-5-16(15)12-17)26-10-9-18-20(13-26)31-23(24-18)25-22(28)19-6-3-11-29-19/h1-8,11-12H,9-10,13-14H2,(H,24,25,28). The summed E-state index contributed by atoms with van der Waals surface area (Å²) < 4.78 is 10.8. The van der Waals surface area contributed by atoms with Gasteiger partial charge in [-0.15, -0.1) is 0 Å². The number of hydrogen-bond donors (Lipinski definition) is 1.